The molecular formula is C19H26N4O4. The molecule has 8 nitrogen and oxygen atoms in total. The lowest BCUT2D eigenvalue weighted by Crippen LogP contribution is -2.40. The van der Waals surface area contributed by atoms with Crippen LogP contribution in [0.25, 0.3) is 0 Å². The van der Waals surface area contributed by atoms with Crippen molar-refractivity contribution in [3.8, 4) is 0 Å². The van der Waals surface area contributed by atoms with Crippen LogP contribution < -0.4 is 16.2 Å². The van der Waals surface area contributed by atoms with E-state index in [-0.39, 0.29) is 23.8 Å². The number of hydrogen-bond donors (Lipinski definition) is 4. The molecular weight excluding hydrogens is 348 g/mol. The van der Waals surface area contributed by atoms with Crippen molar-refractivity contribution in [3.63, 3.8) is 0 Å². The second-order valence-electron chi connectivity index (χ2n) is 7.15. The minimum absolute atomic E-state index is 0.103. The highest BCUT2D eigenvalue weighted by molar-refractivity contribution is 5.97. The number of carboxylic acid groups (broad SMARTS) is 1. The van der Waals surface area contributed by atoms with Gasteiger partial charge in [-0.05, 0) is 49.9 Å². The van der Waals surface area contributed by atoms with Gasteiger partial charge in [-0.1, -0.05) is 6.92 Å². The first-order valence-corrected chi connectivity index (χ1v) is 9.42. The summed E-state index contributed by atoms with van der Waals surface area (Å²) in [7, 11) is 0. The van der Waals surface area contributed by atoms with E-state index in [1.165, 1.54) is 0 Å². The molecule has 2 heterocycles. The van der Waals surface area contributed by atoms with Crippen molar-refractivity contribution in [2.45, 2.75) is 44.7 Å². The normalized spacial score (nSPS) is 23.2. The SMILES string of the molecule is CCC1CC(C(=O)Nc2ccc(C(=O)N3CCC(C(=O)O)CC3)cc2)NN1. The Balaban J connectivity index is 1.53. The fraction of sp³-hybridized carbons (Fsp3) is 0.526. The standard InChI is InChI=1S/C19H26N4O4/c1-2-14-11-16(22-21-14)17(24)20-15-5-3-12(4-6-15)18(25)23-9-7-13(8-10-23)19(26)27/h3-6,13-14,16,21-22H,2,7-11H2,1H3,(H,20,24)(H,26,27). The zero-order valence-electron chi connectivity index (χ0n) is 15.4. The van der Waals surface area contributed by atoms with Gasteiger partial charge in [0.1, 0.15) is 6.04 Å². The number of amides is 2. The number of aliphatic carboxylic acids is 1. The van der Waals surface area contributed by atoms with Gasteiger partial charge in [0.05, 0.1) is 5.92 Å². The summed E-state index contributed by atoms with van der Waals surface area (Å²) in [6, 6.07) is 6.84. The predicted molar refractivity (Wildman–Crippen MR) is 100 cm³/mol. The molecule has 2 fully saturated rings. The van der Waals surface area contributed by atoms with Gasteiger partial charge in [-0.15, -0.1) is 0 Å². The van der Waals surface area contributed by atoms with Crippen LogP contribution in [-0.4, -0.2) is 53.0 Å². The minimum atomic E-state index is -0.792. The van der Waals surface area contributed by atoms with Crippen LogP contribution in [0.1, 0.15) is 43.0 Å². The topological polar surface area (TPSA) is 111 Å². The van der Waals surface area contributed by atoms with Gasteiger partial charge in [-0.25, -0.2) is 5.43 Å². The molecule has 4 N–H and O–H groups in total. The van der Waals surface area contributed by atoms with E-state index in [0.29, 0.717) is 43.2 Å². The Morgan fingerprint density at radius 2 is 1.81 bits per heavy atom. The minimum Gasteiger partial charge on any atom is -0.481 e. The van der Waals surface area contributed by atoms with Crippen LogP contribution in [-0.2, 0) is 9.59 Å². The Bertz CT molecular complexity index is 698. The van der Waals surface area contributed by atoms with E-state index in [1.807, 2.05) is 0 Å². The molecule has 8 heteroatoms. The monoisotopic (exact) mass is 374 g/mol. The van der Waals surface area contributed by atoms with Crippen molar-refractivity contribution >= 4 is 23.5 Å². The van der Waals surface area contributed by atoms with E-state index >= 15 is 0 Å². The fourth-order valence-corrected chi connectivity index (χ4v) is 3.50. The van der Waals surface area contributed by atoms with Gasteiger partial charge in [-0.2, -0.15) is 0 Å². The maximum Gasteiger partial charge on any atom is 0.306 e. The van der Waals surface area contributed by atoms with Crippen molar-refractivity contribution in [2.24, 2.45) is 5.92 Å². The number of hydrogen-bond acceptors (Lipinski definition) is 5. The lowest BCUT2D eigenvalue weighted by molar-refractivity contribution is -0.143. The number of piperidine rings is 1. The van der Waals surface area contributed by atoms with Crippen LogP contribution in [0, 0.1) is 5.92 Å². The summed E-state index contributed by atoms with van der Waals surface area (Å²) < 4.78 is 0. The molecule has 2 aliphatic heterocycles. The number of carboxylic acids is 1. The zero-order valence-corrected chi connectivity index (χ0v) is 15.4. The maximum atomic E-state index is 12.6. The van der Waals surface area contributed by atoms with Crippen LogP contribution in [0.5, 0.6) is 0 Å². The summed E-state index contributed by atoms with van der Waals surface area (Å²) in [5.41, 5.74) is 7.27. The molecule has 2 atom stereocenters. The number of nitrogens with zero attached hydrogens (tertiary/aromatic N) is 1. The van der Waals surface area contributed by atoms with E-state index in [4.69, 9.17) is 5.11 Å². The van der Waals surface area contributed by atoms with Crippen molar-refractivity contribution in [3.05, 3.63) is 29.8 Å². The van der Waals surface area contributed by atoms with E-state index in [9.17, 15) is 14.4 Å². The Labute approximate surface area is 158 Å². The average Bonchev–Trinajstić information content (AvgIpc) is 3.17. The highest BCUT2D eigenvalue weighted by Crippen LogP contribution is 2.20. The maximum absolute atomic E-state index is 12.6. The second-order valence-corrected chi connectivity index (χ2v) is 7.15. The first-order valence-electron chi connectivity index (χ1n) is 9.42. The molecule has 1 aromatic rings. The van der Waals surface area contributed by atoms with Gasteiger partial charge in [0.25, 0.3) is 5.91 Å². The summed E-state index contributed by atoms with van der Waals surface area (Å²) in [5.74, 6) is -1.37. The highest BCUT2D eigenvalue weighted by Gasteiger charge is 2.29. The third-order valence-electron chi connectivity index (χ3n) is 5.32. The van der Waals surface area contributed by atoms with Gasteiger partial charge in [-0.3, -0.25) is 19.8 Å². The molecule has 2 amide bonds. The number of nitrogens with one attached hydrogen (secondary N) is 3. The number of anilines is 1. The molecule has 0 aromatic heterocycles. The van der Waals surface area contributed by atoms with Crippen molar-refractivity contribution in [1.82, 2.24) is 15.8 Å². The lowest BCUT2D eigenvalue weighted by atomic mass is 9.96. The van der Waals surface area contributed by atoms with Crippen LogP contribution in [0.3, 0.4) is 0 Å². The summed E-state index contributed by atoms with van der Waals surface area (Å²) >= 11 is 0. The number of rotatable bonds is 5. The molecule has 3 rings (SSSR count). The van der Waals surface area contributed by atoms with E-state index in [0.717, 1.165) is 12.8 Å². The third-order valence-corrected chi connectivity index (χ3v) is 5.32. The molecule has 2 unspecified atom stereocenters. The highest BCUT2D eigenvalue weighted by atomic mass is 16.4. The summed E-state index contributed by atoms with van der Waals surface area (Å²) in [6.07, 6.45) is 2.66. The molecule has 0 spiro atoms. The van der Waals surface area contributed by atoms with Crippen molar-refractivity contribution < 1.29 is 19.5 Å². The molecule has 2 aliphatic rings. The second kappa shape index (κ2) is 8.49. The number of benzene rings is 1. The van der Waals surface area contributed by atoms with E-state index in [1.54, 1.807) is 29.2 Å². The molecule has 0 bridgehead atoms. The Morgan fingerprint density at radius 3 is 2.37 bits per heavy atom. The summed E-state index contributed by atoms with van der Waals surface area (Å²) in [5, 5.41) is 11.9. The number of hydrazine groups is 1. The van der Waals surface area contributed by atoms with Gasteiger partial charge in [0, 0.05) is 30.4 Å². The molecule has 0 radical (unpaired) electrons. The van der Waals surface area contributed by atoms with Crippen molar-refractivity contribution in [2.75, 3.05) is 18.4 Å². The lowest BCUT2D eigenvalue weighted by Gasteiger charge is -2.30. The zero-order chi connectivity index (χ0) is 19.4. The molecule has 0 saturated carbocycles. The molecule has 146 valence electrons. The Hall–Kier alpha value is -2.45. The first kappa shape index (κ1) is 19.3. The van der Waals surface area contributed by atoms with Gasteiger partial charge >= 0.3 is 5.97 Å². The predicted octanol–water partition coefficient (Wildman–Crippen LogP) is 1.21. The summed E-state index contributed by atoms with van der Waals surface area (Å²) in [6.45, 7) is 2.97. The largest absolute Gasteiger partial charge is 0.481 e. The van der Waals surface area contributed by atoms with Crippen LogP contribution in [0.2, 0.25) is 0 Å². The quantitative estimate of drug-likeness (QED) is 0.617. The van der Waals surface area contributed by atoms with Crippen molar-refractivity contribution in [1.29, 1.82) is 0 Å². The number of likely N-dealkylation sites (tertiary alicyclic amines) is 1. The average molecular weight is 374 g/mol. The van der Waals surface area contributed by atoms with E-state index < -0.39 is 5.97 Å². The van der Waals surface area contributed by atoms with Crippen LogP contribution in [0.15, 0.2) is 24.3 Å². The summed E-state index contributed by atoms with van der Waals surface area (Å²) in [4.78, 5) is 37.5. The number of carbonyl (C=O) groups excluding carboxylic acids is 2. The van der Waals surface area contributed by atoms with E-state index in [2.05, 4.69) is 23.1 Å². The molecule has 1 aromatic carbocycles. The molecule has 27 heavy (non-hydrogen) atoms. The van der Waals surface area contributed by atoms with Gasteiger partial charge in [0.15, 0.2) is 0 Å². The fourth-order valence-electron chi connectivity index (χ4n) is 3.50. The Morgan fingerprint density at radius 1 is 1.15 bits per heavy atom. The smallest absolute Gasteiger partial charge is 0.306 e. The number of carbonyl (C=O) groups is 3. The Kier molecular flexibility index (Phi) is 6.08. The van der Waals surface area contributed by atoms with Gasteiger partial charge in [0.2, 0.25) is 5.91 Å². The molecule has 0 aliphatic carbocycles. The van der Waals surface area contributed by atoms with Crippen LogP contribution in [0.4, 0.5) is 5.69 Å². The molecule has 2 saturated heterocycles. The first-order chi connectivity index (χ1) is 13.0. The van der Waals surface area contributed by atoms with Gasteiger partial charge < -0.3 is 15.3 Å². The van der Waals surface area contributed by atoms with Crippen LogP contribution >= 0.6 is 0 Å². The third kappa shape index (κ3) is 4.64.